The van der Waals surface area contributed by atoms with Gasteiger partial charge in [0.25, 0.3) is 0 Å². The number of amides is 1. The van der Waals surface area contributed by atoms with E-state index in [2.05, 4.69) is 10.3 Å². The normalized spacial score (nSPS) is 13.0. The van der Waals surface area contributed by atoms with Crippen molar-refractivity contribution in [2.45, 2.75) is 32.5 Å². The van der Waals surface area contributed by atoms with Crippen molar-refractivity contribution in [2.24, 2.45) is 0 Å². The fourth-order valence-electron chi connectivity index (χ4n) is 1.45. The molecule has 126 valence electrons. The number of ether oxygens (including phenoxy) is 1. The van der Waals surface area contributed by atoms with Gasteiger partial charge in [-0.25, -0.2) is 4.79 Å². The summed E-state index contributed by atoms with van der Waals surface area (Å²) in [5, 5.41) is 11.2. The molecule has 23 heavy (non-hydrogen) atoms. The minimum absolute atomic E-state index is 0.109. The van der Waals surface area contributed by atoms with Gasteiger partial charge in [0, 0.05) is 24.3 Å². The molecule has 0 saturated carbocycles. The van der Waals surface area contributed by atoms with Gasteiger partial charge >= 0.3 is 12.3 Å². The number of pyridine rings is 1. The molecule has 0 aromatic carbocycles. The Morgan fingerprint density at radius 1 is 1.26 bits per heavy atom. The molecule has 9 heteroatoms. The summed E-state index contributed by atoms with van der Waals surface area (Å²) in [5.74, 6) is 0. The number of rotatable bonds is 4. The number of nitrogens with zero attached hydrogens (tertiary/aromatic N) is 1. The number of hydrogen-bond donors (Lipinski definition) is 3. The molecule has 0 unspecified atom stereocenters. The summed E-state index contributed by atoms with van der Waals surface area (Å²) in [6.45, 7) is 4.71. The summed E-state index contributed by atoms with van der Waals surface area (Å²) in [6, 6.07) is 2.64. The Morgan fingerprint density at radius 2 is 1.83 bits per heavy atom. The van der Waals surface area contributed by atoms with E-state index in [4.69, 9.17) is 10.1 Å². The van der Waals surface area contributed by atoms with Crippen molar-refractivity contribution in [1.82, 2.24) is 10.3 Å². The van der Waals surface area contributed by atoms with Crippen molar-refractivity contribution in [3.63, 3.8) is 0 Å². The average Bonchev–Trinajstić information content (AvgIpc) is 2.40. The zero-order chi connectivity index (χ0) is 17.7. The van der Waals surface area contributed by atoms with Crippen LogP contribution in [-0.4, -0.2) is 29.1 Å². The molecule has 0 bridgehead atoms. The van der Waals surface area contributed by atoms with Crippen molar-refractivity contribution in [3.05, 3.63) is 35.9 Å². The molecule has 3 N–H and O–H groups in total. The quantitative estimate of drug-likeness (QED) is 0.738. The predicted octanol–water partition coefficient (Wildman–Crippen LogP) is 3.44. The second kappa shape index (κ2) is 7.12. The maximum Gasteiger partial charge on any atom is 0.433 e. The Bertz CT molecular complexity index is 592. The molecule has 1 rings (SSSR count). The first kappa shape index (κ1) is 18.5. The fourth-order valence-corrected chi connectivity index (χ4v) is 1.45. The van der Waals surface area contributed by atoms with E-state index in [-0.39, 0.29) is 5.69 Å². The van der Waals surface area contributed by atoms with Crippen LogP contribution in [0.3, 0.4) is 0 Å². The lowest BCUT2D eigenvalue weighted by Crippen LogP contribution is -2.35. The molecule has 0 aliphatic carbocycles. The first-order valence-corrected chi connectivity index (χ1v) is 6.52. The SMILES string of the molecule is CC(C)(C)OC(=O)N/C(C=N)=C(/Nc1ccncc1)C(F)(F)F. The Morgan fingerprint density at radius 3 is 2.26 bits per heavy atom. The molecule has 1 heterocycles. The van der Waals surface area contributed by atoms with Crippen LogP contribution in [0.4, 0.5) is 23.7 Å². The van der Waals surface area contributed by atoms with E-state index in [0.29, 0.717) is 6.21 Å². The molecule has 0 aliphatic heterocycles. The molecule has 1 amide bonds. The van der Waals surface area contributed by atoms with Crippen LogP contribution >= 0.6 is 0 Å². The van der Waals surface area contributed by atoms with Gasteiger partial charge in [0.2, 0.25) is 0 Å². The lowest BCUT2D eigenvalue weighted by Gasteiger charge is -2.21. The number of aromatic nitrogens is 1. The topological polar surface area (TPSA) is 87.1 Å². The number of carbonyl (C=O) groups is 1. The first-order valence-electron chi connectivity index (χ1n) is 6.52. The summed E-state index contributed by atoms with van der Waals surface area (Å²) in [6.07, 6.45) is -2.90. The standard InChI is InChI=1S/C14H17F3N4O2/c1-13(2,3)23-12(22)21-10(8-18)11(14(15,16)17)20-9-4-6-19-7-5-9/h4-8,18H,1-3H3,(H,19,20)(H,21,22)/b11-10+,18-8?. The monoisotopic (exact) mass is 330 g/mol. The van der Waals surface area contributed by atoms with Crippen LogP contribution in [0.25, 0.3) is 0 Å². The highest BCUT2D eigenvalue weighted by molar-refractivity contribution is 5.85. The van der Waals surface area contributed by atoms with Gasteiger partial charge in [0.1, 0.15) is 11.3 Å². The summed E-state index contributed by atoms with van der Waals surface area (Å²) < 4.78 is 44.5. The molecule has 1 aromatic rings. The average molecular weight is 330 g/mol. The zero-order valence-electron chi connectivity index (χ0n) is 12.8. The van der Waals surface area contributed by atoms with Gasteiger partial charge in [-0.2, -0.15) is 13.2 Å². The molecule has 1 aromatic heterocycles. The molecule has 0 spiro atoms. The van der Waals surface area contributed by atoms with E-state index in [1.807, 2.05) is 5.32 Å². The number of alkyl carbamates (subject to hydrolysis) is 1. The molecular formula is C14H17F3N4O2. The molecule has 0 atom stereocenters. The van der Waals surface area contributed by atoms with Crippen molar-refractivity contribution in [3.8, 4) is 0 Å². The van der Waals surface area contributed by atoms with Crippen molar-refractivity contribution in [1.29, 1.82) is 5.41 Å². The van der Waals surface area contributed by atoms with Crippen LogP contribution in [-0.2, 0) is 4.74 Å². The molecule has 6 nitrogen and oxygen atoms in total. The zero-order valence-corrected chi connectivity index (χ0v) is 12.8. The van der Waals surface area contributed by atoms with Crippen molar-refractivity contribution < 1.29 is 22.7 Å². The third kappa shape index (κ3) is 6.37. The number of nitrogens with one attached hydrogen (secondary N) is 3. The number of allylic oxidation sites excluding steroid dienone is 2. The lowest BCUT2D eigenvalue weighted by molar-refractivity contribution is -0.0909. The van der Waals surface area contributed by atoms with E-state index in [1.54, 1.807) is 20.8 Å². The smallest absolute Gasteiger partial charge is 0.433 e. The highest BCUT2D eigenvalue weighted by atomic mass is 19.4. The summed E-state index contributed by atoms with van der Waals surface area (Å²) in [5.41, 5.74) is -2.82. The van der Waals surface area contributed by atoms with Crippen LogP contribution in [0.15, 0.2) is 35.9 Å². The van der Waals surface area contributed by atoms with Crippen molar-refractivity contribution >= 4 is 18.0 Å². The summed E-state index contributed by atoms with van der Waals surface area (Å²) in [7, 11) is 0. The highest BCUT2D eigenvalue weighted by Gasteiger charge is 2.37. The predicted molar refractivity (Wildman–Crippen MR) is 79.1 cm³/mol. The van der Waals surface area contributed by atoms with E-state index in [1.165, 1.54) is 24.5 Å². The maximum atomic E-state index is 13.2. The molecular weight excluding hydrogens is 313 g/mol. The largest absolute Gasteiger partial charge is 0.444 e. The number of anilines is 1. The van der Waals surface area contributed by atoms with Crippen LogP contribution in [0, 0.1) is 5.41 Å². The lowest BCUT2D eigenvalue weighted by atomic mass is 10.2. The molecule has 0 radical (unpaired) electrons. The van der Waals surface area contributed by atoms with Gasteiger partial charge < -0.3 is 15.5 Å². The first-order chi connectivity index (χ1) is 10.5. The van der Waals surface area contributed by atoms with Gasteiger partial charge in [-0.1, -0.05) is 0 Å². The minimum Gasteiger partial charge on any atom is -0.444 e. The van der Waals surface area contributed by atoms with E-state index >= 15 is 0 Å². The van der Waals surface area contributed by atoms with E-state index < -0.39 is 29.3 Å². The Kier molecular flexibility index (Phi) is 5.72. The van der Waals surface area contributed by atoms with Gasteiger partial charge in [-0.05, 0) is 32.9 Å². The Balaban J connectivity index is 3.11. The maximum absolute atomic E-state index is 13.2. The van der Waals surface area contributed by atoms with Gasteiger partial charge in [0.05, 0.1) is 5.70 Å². The van der Waals surface area contributed by atoms with Crippen LogP contribution in [0.1, 0.15) is 20.8 Å². The van der Waals surface area contributed by atoms with Crippen LogP contribution in [0.5, 0.6) is 0 Å². The summed E-state index contributed by atoms with van der Waals surface area (Å²) in [4.78, 5) is 15.3. The van der Waals surface area contributed by atoms with Gasteiger partial charge in [0.15, 0.2) is 0 Å². The molecule has 0 aliphatic rings. The van der Waals surface area contributed by atoms with Gasteiger partial charge in [-0.15, -0.1) is 0 Å². The van der Waals surface area contributed by atoms with Gasteiger partial charge in [-0.3, -0.25) is 10.3 Å². The van der Waals surface area contributed by atoms with Crippen molar-refractivity contribution in [2.75, 3.05) is 5.32 Å². The molecule has 0 saturated heterocycles. The number of halogens is 3. The minimum atomic E-state index is -4.81. The van der Waals surface area contributed by atoms with Crippen LogP contribution in [0.2, 0.25) is 0 Å². The third-order valence-electron chi connectivity index (χ3n) is 2.28. The second-order valence-electron chi connectivity index (χ2n) is 5.42. The van der Waals surface area contributed by atoms with E-state index in [0.717, 1.165) is 0 Å². The third-order valence-corrected chi connectivity index (χ3v) is 2.28. The second-order valence-corrected chi connectivity index (χ2v) is 5.42. The number of carbonyl (C=O) groups excluding carboxylic acids is 1. The molecule has 0 fully saturated rings. The number of alkyl halides is 3. The highest BCUT2D eigenvalue weighted by Crippen LogP contribution is 2.28. The summed E-state index contributed by atoms with van der Waals surface area (Å²) >= 11 is 0. The Labute approximate surface area is 131 Å². The van der Waals surface area contributed by atoms with Crippen LogP contribution < -0.4 is 10.6 Å². The number of hydrogen-bond acceptors (Lipinski definition) is 5. The van der Waals surface area contributed by atoms with E-state index in [9.17, 15) is 18.0 Å². The fraction of sp³-hybridized carbons (Fsp3) is 0.357. The Hall–Kier alpha value is -2.58.